The number of carbonyl (C=O) groups is 1. The van der Waals surface area contributed by atoms with Crippen LogP contribution in [0.3, 0.4) is 0 Å². The summed E-state index contributed by atoms with van der Waals surface area (Å²) in [4.78, 5) is 21.7. The predicted octanol–water partition coefficient (Wildman–Crippen LogP) is 6.28. The molecule has 6 nitrogen and oxygen atoms in total. The summed E-state index contributed by atoms with van der Waals surface area (Å²) in [5, 5.41) is 11.8. The van der Waals surface area contributed by atoms with E-state index in [0.29, 0.717) is 28.1 Å². The molecule has 0 amide bonds. The minimum absolute atomic E-state index is 0.0400. The zero-order valence-electron chi connectivity index (χ0n) is 17.8. The molecule has 162 valence electrons. The van der Waals surface area contributed by atoms with Crippen molar-refractivity contribution in [3.8, 4) is 28.1 Å². The van der Waals surface area contributed by atoms with Gasteiger partial charge < -0.3 is 24.8 Å². The van der Waals surface area contributed by atoms with Gasteiger partial charge in [-0.25, -0.2) is 9.18 Å². The number of methoxy groups -OCH3 is 1. The Labute approximate surface area is 183 Å². The van der Waals surface area contributed by atoms with Gasteiger partial charge in [0.15, 0.2) is 0 Å². The third kappa shape index (κ3) is 2.97. The van der Waals surface area contributed by atoms with Crippen LogP contribution in [0.1, 0.15) is 35.8 Å². The zero-order chi connectivity index (χ0) is 22.6. The Morgan fingerprint density at radius 2 is 1.66 bits per heavy atom. The highest BCUT2D eigenvalue weighted by atomic mass is 19.1. The number of aromatic amines is 3. The van der Waals surface area contributed by atoms with Crippen LogP contribution in [0.2, 0.25) is 0 Å². The second kappa shape index (κ2) is 7.30. The van der Waals surface area contributed by atoms with E-state index < -0.39 is 11.8 Å². The molecule has 0 spiro atoms. The second-order valence-electron chi connectivity index (χ2n) is 8.13. The van der Waals surface area contributed by atoms with Gasteiger partial charge in [-0.2, -0.15) is 0 Å². The summed E-state index contributed by atoms with van der Waals surface area (Å²) in [6, 6.07) is 10.4. The molecule has 0 aliphatic carbocycles. The van der Waals surface area contributed by atoms with Gasteiger partial charge in [-0.05, 0) is 47.4 Å². The van der Waals surface area contributed by atoms with Gasteiger partial charge in [0.05, 0.1) is 12.8 Å². The third-order valence-electron chi connectivity index (χ3n) is 5.88. The smallest absolute Gasteiger partial charge is 0.352 e. The highest BCUT2D eigenvalue weighted by Gasteiger charge is 2.28. The fourth-order valence-electron chi connectivity index (χ4n) is 4.55. The molecule has 0 aliphatic rings. The van der Waals surface area contributed by atoms with Crippen molar-refractivity contribution in [3.63, 3.8) is 0 Å². The minimum atomic E-state index is -1.08. The first-order valence-electron chi connectivity index (χ1n) is 10.3. The molecule has 2 aromatic carbocycles. The molecule has 32 heavy (non-hydrogen) atoms. The molecule has 3 heterocycles. The van der Waals surface area contributed by atoms with Gasteiger partial charge in [-0.3, -0.25) is 0 Å². The molecule has 0 atom stereocenters. The van der Waals surface area contributed by atoms with E-state index in [1.165, 1.54) is 12.1 Å². The molecular weight excluding hydrogens is 409 g/mol. The molecule has 7 heteroatoms. The van der Waals surface area contributed by atoms with Crippen LogP contribution in [0.25, 0.3) is 44.2 Å². The van der Waals surface area contributed by atoms with Gasteiger partial charge in [-0.15, -0.1) is 0 Å². The quantitative estimate of drug-likeness (QED) is 0.264. The Bertz CT molecular complexity index is 1490. The summed E-state index contributed by atoms with van der Waals surface area (Å²) in [5.41, 5.74) is 4.91. The fourth-order valence-corrected chi connectivity index (χ4v) is 4.55. The maximum absolute atomic E-state index is 14.5. The molecule has 3 aromatic heterocycles. The Balaban J connectivity index is 1.92. The summed E-state index contributed by atoms with van der Waals surface area (Å²) in [7, 11) is 1.58. The first kappa shape index (κ1) is 19.9. The lowest BCUT2D eigenvalue weighted by Crippen LogP contribution is -2.00. The summed E-state index contributed by atoms with van der Waals surface area (Å²) in [5.74, 6) is -0.905. The van der Waals surface area contributed by atoms with E-state index in [1.54, 1.807) is 13.3 Å². The molecular formula is C25H22FN3O3. The van der Waals surface area contributed by atoms with Crippen LogP contribution >= 0.6 is 0 Å². The van der Waals surface area contributed by atoms with E-state index in [4.69, 9.17) is 4.74 Å². The van der Waals surface area contributed by atoms with Gasteiger partial charge in [-0.1, -0.05) is 13.8 Å². The number of hydrogen-bond acceptors (Lipinski definition) is 2. The number of aromatic nitrogens is 3. The molecule has 4 N–H and O–H groups in total. The van der Waals surface area contributed by atoms with Crippen LogP contribution in [-0.4, -0.2) is 33.1 Å². The lowest BCUT2D eigenvalue weighted by atomic mass is 9.89. The monoisotopic (exact) mass is 431 g/mol. The predicted molar refractivity (Wildman–Crippen MR) is 123 cm³/mol. The minimum Gasteiger partial charge on any atom is -0.497 e. The summed E-state index contributed by atoms with van der Waals surface area (Å²) in [6.07, 6.45) is 3.56. The third-order valence-corrected chi connectivity index (χ3v) is 5.88. The SMILES string of the molecule is COc1cc(-c2c(C(=O)O)[nH]c(-c3cc(F)cc4[nH]ccc34)c2C(C)C)c2cc[nH]c2c1. The number of fused-ring (bicyclic) bond motifs is 2. The lowest BCUT2D eigenvalue weighted by molar-refractivity contribution is 0.0692. The average molecular weight is 431 g/mol. The maximum Gasteiger partial charge on any atom is 0.352 e. The molecule has 0 fully saturated rings. The van der Waals surface area contributed by atoms with Gasteiger partial charge >= 0.3 is 5.97 Å². The normalized spacial score (nSPS) is 11.7. The number of carboxylic acids is 1. The van der Waals surface area contributed by atoms with E-state index >= 15 is 0 Å². The molecule has 5 aromatic rings. The van der Waals surface area contributed by atoms with Crippen molar-refractivity contribution < 1.29 is 19.0 Å². The van der Waals surface area contributed by atoms with Crippen molar-refractivity contribution in [2.24, 2.45) is 0 Å². The summed E-state index contributed by atoms with van der Waals surface area (Å²) >= 11 is 0. The molecule has 0 unspecified atom stereocenters. The second-order valence-corrected chi connectivity index (χ2v) is 8.13. The van der Waals surface area contributed by atoms with E-state index in [9.17, 15) is 14.3 Å². The molecule has 0 bridgehead atoms. The van der Waals surface area contributed by atoms with Crippen molar-refractivity contribution in [1.82, 2.24) is 15.0 Å². The van der Waals surface area contributed by atoms with Crippen molar-refractivity contribution >= 4 is 27.8 Å². The van der Waals surface area contributed by atoms with Gasteiger partial charge in [0.1, 0.15) is 17.3 Å². The van der Waals surface area contributed by atoms with Crippen molar-refractivity contribution in [2.45, 2.75) is 19.8 Å². The lowest BCUT2D eigenvalue weighted by Gasteiger charge is -2.14. The van der Waals surface area contributed by atoms with Crippen molar-refractivity contribution in [1.29, 1.82) is 0 Å². The first-order valence-corrected chi connectivity index (χ1v) is 10.3. The van der Waals surface area contributed by atoms with Crippen molar-refractivity contribution in [3.05, 3.63) is 65.9 Å². The Kier molecular flexibility index (Phi) is 4.55. The number of benzene rings is 2. The fraction of sp³-hybridized carbons (Fsp3) is 0.160. The van der Waals surface area contributed by atoms with Crippen LogP contribution in [0, 0.1) is 5.82 Å². The molecule has 0 aliphatic heterocycles. The largest absolute Gasteiger partial charge is 0.497 e. The molecule has 0 saturated carbocycles. The topological polar surface area (TPSA) is 93.9 Å². The van der Waals surface area contributed by atoms with Crippen LogP contribution in [0.4, 0.5) is 4.39 Å². The van der Waals surface area contributed by atoms with Gasteiger partial charge in [0.2, 0.25) is 0 Å². The number of rotatable bonds is 5. The summed E-state index contributed by atoms with van der Waals surface area (Å²) < 4.78 is 20.0. The number of H-pyrrole nitrogens is 3. The standard InChI is InChI=1S/C25H22FN3O3/c1-12(2)21-22(17-10-14(32-3)11-20-15(17)4-6-28-20)24(25(30)31)29-23(21)18-8-13(26)9-19-16(18)5-7-27-19/h4-12,27-29H,1-3H3,(H,30,31). The van der Waals surface area contributed by atoms with E-state index in [2.05, 4.69) is 15.0 Å². The van der Waals surface area contributed by atoms with Crippen LogP contribution in [0.15, 0.2) is 48.8 Å². The maximum atomic E-state index is 14.5. The number of halogens is 1. The van der Waals surface area contributed by atoms with Crippen LogP contribution in [0.5, 0.6) is 5.75 Å². The number of ether oxygens (including phenoxy) is 1. The first-order chi connectivity index (χ1) is 15.4. The van der Waals surface area contributed by atoms with Gasteiger partial charge in [0.25, 0.3) is 0 Å². The van der Waals surface area contributed by atoms with E-state index in [0.717, 1.165) is 27.4 Å². The average Bonchev–Trinajstić information content (AvgIpc) is 3.49. The van der Waals surface area contributed by atoms with E-state index in [1.807, 2.05) is 44.3 Å². The molecule has 0 radical (unpaired) electrons. The van der Waals surface area contributed by atoms with Gasteiger partial charge in [0, 0.05) is 51.4 Å². The van der Waals surface area contributed by atoms with E-state index in [-0.39, 0.29) is 11.6 Å². The van der Waals surface area contributed by atoms with Crippen LogP contribution < -0.4 is 4.74 Å². The number of nitrogens with one attached hydrogen (secondary N) is 3. The van der Waals surface area contributed by atoms with Crippen LogP contribution in [-0.2, 0) is 0 Å². The number of aromatic carboxylic acids is 1. The highest BCUT2D eigenvalue weighted by molar-refractivity contribution is 6.07. The van der Waals surface area contributed by atoms with Crippen molar-refractivity contribution in [2.75, 3.05) is 7.11 Å². The number of carboxylic acid groups (broad SMARTS) is 1. The molecule has 0 saturated heterocycles. The Morgan fingerprint density at radius 3 is 2.28 bits per heavy atom. The highest BCUT2D eigenvalue weighted by Crippen LogP contribution is 2.45. The molecule has 5 rings (SSSR count). The number of hydrogen-bond donors (Lipinski definition) is 4. The Hall–Kier alpha value is -4.00. The summed E-state index contributed by atoms with van der Waals surface area (Å²) in [6.45, 7) is 4.01. The zero-order valence-corrected chi connectivity index (χ0v) is 17.8. The Morgan fingerprint density at radius 1 is 1.00 bits per heavy atom.